The van der Waals surface area contributed by atoms with Crippen molar-refractivity contribution in [3.8, 4) is 0 Å². The van der Waals surface area contributed by atoms with Crippen LogP contribution >= 0.6 is 0 Å². The van der Waals surface area contributed by atoms with Crippen molar-refractivity contribution in [1.82, 2.24) is 4.90 Å². The standard InChI is InChI=1S/C17H27N/c1-4-6-7-8-14-18(13-5-2)15-17-11-9-16(3)10-12-17/h5,9-12H,2,4,6-8,13-15H2,1,3H3. The monoisotopic (exact) mass is 245 g/mol. The van der Waals surface area contributed by atoms with Gasteiger partial charge >= 0.3 is 0 Å². The van der Waals surface area contributed by atoms with Crippen molar-refractivity contribution in [2.45, 2.75) is 46.1 Å². The van der Waals surface area contributed by atoms with E-state index in [0.29, 0.717) is 0 Å². The maximum Gasteiger partial charge on any atom is 0.0237 e. The lowest BCUT2D eigenvalue weighted by Gasteiger charge is -2.20. The Hall–Kier alpha value is -1.08. The third kappa shape index (κ3) is 6.02. The number of rotatable bonds is 9. The maximum absolute atomic E-state index is 3.86. The van der Waals surface area contributed by atoms with Crippen LogP contribution in [0.15, 0.2) is 36.9 Å². The van der Waals surface area contributed by atoms with Gasteiger partial charge in [-0.3, -0.25) is 4.90 Å². The van der Waals surface area contributed by atoms with E-state index in [1.807, 2.05) is 6.08 Å². The predicted octanol–water partition coefficient (Wildman–Crippen LogP) is 4.56. The Kier molecular flexibility index (Phi) is 7.43. The first-order chi connectivity index (χ1) is 8.76. The minimum absolute atomic E-state index is 0.986. The van der Waals surface area contributed by atoms with E-state index in [0.717, 1.165) is 13.1 Å². The summed E-state index contributed by atoms with van der Waals surface area (Å²) in [6.45, 7) is 11.5. The van der Waals surface area contributed by atoms with E-state index in [-0.39, 0.29) is 0 Å². The van der Waals surface area contributed by atoms with Gasteiger partial charge in [-0.2, -0.15) is 0 Å². The van der Waals surface area contributed by atoms with Crippen molar-refractivity contribution in [1.29, 1.82) is 0 Å². The van der Waals surface area contributed by atoms with Gasteiger partial charge in [0.2, 0.25) is 0 Å². The summed E-state index contributed by atoms with van der Waals surface area (Å²) in [5.41, 5.74) is 2.73. The molecule has 0 aliphatic heterocycles. The van der Waals surface area contributed by atoms with Gasteiger partial charge in [-0.25, -0.2) is 0 Å². The molecule has 0 atom stereocenters. The van der Waals surface area contributed by atoms with Crippen LogP contribution in [0, 0.1) is 6.92 Å². The molecular formula is C17H27N. The first kappa shape index (κ1) is 15.0. The zero-order valence-corrected chi connectivity index (χ0v) is 12.0. The molecule has 0 aliphatic rings. The largest absolute Gasteiger partial charge is 0.295 e. The third-order valence-electron chi connectivity index (χ3n) is 3.24. The number of benzene rings is 1. The minimum Gasteiger partial charge on any atom is -0.295 e. The topological polar surface area (TPSA) is 3.24 Å². The van der Waals surface area contributed by atoms with Crippen LogP contribution in [0.3, 0.4) is 0 Å². The number of aryl methyl sites for hydroxylation is 1. The van der Waals surface area contributed by atoms with E-state index in [9.17, 15) is 0 Å². The average molecular weight is 245 g/mol. The lowest BCUT2D eigenvalue weighted by Crippen LogP contribution is -2.24. The van der Waals surface area contributed by atoms with Crippen molar-refractivity contribution in [3.63, 3.8) is 0 Å². The van der Waals surface area contributed by atoms with Crippen LogP contribution in [-0.2, 0) is 6.54 Å². The first-order valence-corrected chi connectivity index (χ1v) is 7.15. The summed E-state index contributed by atoms with van der Waals surface area (Å²) < 4.78 is 0. The quantitative estimate of drug-likeness (QED) is 0.455. The van der Waals surface area contributed by atoms with E-state index in [1.165, 1.54) is 43.4 Å². The molecular weight excluding hydrogens is 218 g/mol. The molecule has 0 bridgehead atoms. The Balaban J connectivity index is 2.41. The number of unbranched alkanes of at least 4 members (excludes halogenated alkanes) is 3. The number of hydrogen-bond acceptors (Lipinski definition) is 1. The second-order valence-corrected chi connectivity index (χ2v) is 5.07. The van der Waals surface area contributed by atoms with Crippen molar-refractivity contribution in [2.24, 2.45) is 0 Å². The third-order valence-corrected chi connectivity index (χ3v) is 3.24. The smallest absolute Gasteiger partial charge is 0.0237 e. The van der Waals surface area contributed by atoms with Gasteiger partial charge < -0.3 is 0 Å². The van der Waals surface area contributed by atoms with Gasteiger partial charge in [0.05, 0.1) is 0 Å². The van der Waals surface area contributed by atoms with Gasteiger partial charge in [0, 0.05) is 13.1 Å². The molecule has 100 valence electrons. The summed E-state index contributed by atoms with van der Waals surface area (Å²) in [4.78, 5) is 2.48. The van der Waals surface area contributed by atoms with Crippen molar-refractivity contribution in [2.75, 3.05) is 13.1 Å². The van der Waals surface area contributed by atoms with Crippen molar-refractivity contribution < 1.29 is 0 Å². The lowest BCUT2D eigenvalue weighted by atomic mass is 10.1. The summed E-state index contributed by atoms with van der Waals surface area (Å²) in [6.07, 6.45) is 7.31. The van der Waals surface area contributed by atoms with E-state index in [1.54, 1.807) is 0 Å². The Morgan fingerprint density at radius 1 is 1.11 bits per heavy atom. The highest BCUT2D eigenvalue weighted by Crippen LogP contribution is 2.09. The van der Waals surface area contributed by atoms with E-state index < -0.39 is 0 Å². The number of hydrogen-bond donors (Lipinski definition) is 0. The summed E-state index contributed by atoms with van der Waals surface area (Å²) in [5.74, 6) is 0. The number of nitrogens with zero attached hydrogens (tertiary/aromatic N) is 1. The van der Waals surface area contributed by atoms with Crippen LogP contribution in [0.1, 0.15) is 43.7 Å². The Bertz CT molecular complexity index is 326. The molecule has 1 nitrogen and oxygen atoms in total. The molecule has 0 amide bonds. The van der Waals surface area contributed by atoms with Crippen LogP contribution in [0.4, 0.5) is 0 Å². The zero-order chi connectivity index (χ0) is 13.2. The molecule has 18 heavy (non-hydrogen) atoms. The molecule has 1 aromatic rings. The fourth-order valence-electron chi connectivity index (χ4n) is 2.13. The van der Waals surface area contributed by atoms with Gasteiger partial charge in [0.15, 0.2) is 0 Å². The molecule has 0 aliphatic carbocycles. The fourth-order valence-corrected chi connectivity index (χ4v) is 2.13. The minimum atomic E-state index is 0.986. The van der Waals surface area contributed by atoms with Crippen molar-refractivity contribution >= 4 is 0 Å². The highest BCUT2D eigenvalue weighted by atomic mass is 15.1. The van der Waals surface area contributed by atoms with E-state index >= 15 is 0 Å². The van der Waals surface area contributed by atoms with Crippen LogP contribution in [0.2, 0.25) is 0 Å². The van der Waals surface area contributed by atoms with Crippen molar-refractivity contribution in [3.05, 3.63) is 48.0 Å². The normalized spacial score (nSPS) is 10.8. The van der Waals surface area contributed by atoms with Crippen LogP contribution < -0.4 is 0 Å². The molecule has 0 saturated carbocycles. The molecule has 0 spiro atoms. The molecule has 1 aromatic carbocycles. The molecule has 0 fully saturated rings. The first-order valence-electron chi connectivity index (χ1n) is 7.15. The van der Waals surface area contributed by atoms with Crippen LogP contribution in [0.25, 0.3) is 0 Å². The molecule has 0 saturated heterocycles. The fraction of sp³-hybridized carbons (Fsp3) is 0.529. The second-order valence-electron chi connectivity index (χ2n) is 5.07. The van der Waals surface area contributed by atoms with Gasteiger partial charge in [-0.05, 0) is 25.5 Å². The lowest BCUT2D eigenvalue weighted by molar-refractivity contribution is 0.286. The van der Waals surface area contributed by atoms with Crippen LogP contribution in [-0.4, -0.2) is 18.0 Å². The molecule has 0 heterocycles. The molecule has 0 radical (unpaired) electrons. The molecule has 0 aromatic heterocycles. The van der Waals surface area contributed by atoms with Gasteiger partial charge in [-0.15, -0.1) is 6.58 Å². The Labute approximate surface area is 113 Å². The predicted molar refractivity (Wildman–Crippen MR) is 80.8 cm³/mol. The van der Waals surface area contributed by atoms with Gasteiger partial charge in [0.25, 0.3) is 0 Å². The molecule has 0 N–H and O–H groups in total. The average Bonchev–Trinajstić information content (AvgIpc) is 2.37. The summed E-state index contributed by atoms with van der Waals surface area (Å²) in [6, 6.07) is 8.85. The Morgan fingerprint density at radius 2 is 1.83 bits per heavy atom. The van der Waals surface area contributed by atoms with Gasteiger partial charge in [0.1, 0.15) is 0 Å². The van der Waals surface area contributed by atoms with Gasteiger partial charge in [-0.1, -0.05) is 62.1 Å². The summed E-state index contributed by atoms with van der Waals surface area (Å²) in [7, 11) is 0. The van der Waals surface area contributed by atoms with E-state index in [4.69, 9.17) is 0 Å². The molecule has 0 unspecified atom stereocenters. The summed E-state index contributed by atoms with van der Waals surface area (Å²) in [5, 5.41) is 0. The molecule has 1 rings (SSSR count). The Morgan fingerprint density at radius 3 is 2.44 bits per heavy atom. The van der Waals surface area contributed by atoms with Crippen LogP contribution in [0.5, 0.6) is 0 Å². The van der Waals surface area contributed by atoms with E-state index in [2.05, 4.69) is 49.6 Å². The zero-order valence-electron chi connectivity index (χ0n) is 12.0. The second kappa shape index (κ2) is 8.93. The highest BCUT2D eigenvalue weighted by Gasteiger charge is 2.03. The highest BCUT2D eigenvalue weighted by molar-refractivity contribution is 5.21. The maximum atomic E-state index is 3.86. The SMILES string of the molecule is C=CCN(CCCCCC)Cc1ccc(C)cc1. The summed E-state index contributed by atoms with van der Waals surface area (Å²) >= 11 is 0. The molecule has 1 heteroatoms.